The molecule has 3 aliphatic rings. The SMILES string of the molecule is CC.CC.CC(CCCC#N)C1CCC2(C)CCCC3C(C)(CCCC12C)CCC(C)C3(C)C. The minimum Gasteiger partial charge on any atom is -0.198 e. The molecule has 3 fully saturated rings. The van der Waals surface area contributed by atoms with E-state index in [0.29, 0.717) is 21.7 Å². The number of nitriles is 1. The van der Waals surface area contributed by atoms with Gasteiger partial charge in [0.15, 0.2) is 0 Å². The molecule has 0 heterocycles. The highest BCUT2D eigenvalue weighted by Crippen LogP contribution is 2.65. The predicted octanol–water partition coefficient (Wildman–Crippen LogP) is 11.2. The Balaban J connectivity index is 0.00000137. The van der Waals surface area contributed by atoms with E-state index in [-0.39, 0.29) is 0 Å². The maximum absolute atomic E-state index is 8.97. The molecule has 3 rings (SSSR count). The number of unbranched alkanes of at least 4 members (excludes halogenated alkanes) is 1. The molecule has 0 N–H and O–H groups in total. The topological polar surface area (TPSA) is 23.8 Å². The van der Waals surface area contributed by atoms with Crippen molar-refractivity contribution in [3.05, 3.63) is 0 Å². The van der Waals surface area contributed by atoms with E-state index in [1.54, 1.807) is 0 Å². The molecule has 1 nitrogen and oxygen atoms in total. The zero-order valence-corrected chi connectivity index (χ0v) is 25.4. The van der Waals surface area contributed by atoms with Crippen molar-refractivity contribution >= 4 is 0 Å². The van der Waals surface area contributed by atoms with Crippen molar-refractivity contribution in [2.45, 2.75) is 160 Å². The zero-order chi connectivity index (χ0) is 26.2. The average molecular weight is 474 g/mol. The molecule has 0 aromatic rings. The van der Waals surface area contributed by atoms with Crippen molar-refractivity contribution in [3.8, 4) is 6.07 Å². The summed E-state index contributed by atoms with van der Waals surface area (Å²) >= 11 is 0. The smallest absolute Gasteiger partial charge is 0.0621 e. The van der Waals surface area contributed by atoms with Crippen LogP contribution >= 0.6 is 0 Å². The lowest BCUT2D eigenvalue weighted by molar-refractivity contribution is -0.0653. The summed E-state index contributed by atoms with van der Waals surface area (Å²) in [6.07, 6.45) is 17.4. The van der Waals surface area contributed by atoms with E-state index in [0.717, 1.165) is 36.5 Å². The van der Waals surface area contributed by atoms with Crippen LogP contribution in [0.15, 0.2) is 0 Å². The van der Waals surface area contributed by atoms with E-state index in [2.05, 4.69) is 54.5 Å². The highest BCUT2D eigenvalue weighted by atomic mass is 14.6. The fourth-order valence-electron chi connectivity index (χ4n) is 8.95. The largest absolute Gasteiger partial charge is 0.198 e. The molecule has 0 aromatic carbocycles. The van der Waals surface area contributed by atoms with Crippen molar-refractivity contribution in [1.82, 2.24) is 0 Å². The third-order valence-electron chi connectivity index (χ3n) is 11.7. The molecule has 0 aliphatic heterocycles. The summed E-state index contributed by atoms with van der Waals surface area (Å²) in [5, 5.41) is 8.97. The molecule has 0 spiro atoms. The van der Waals surface area contributed by atoms with Gasteiger partial charge in [0.25, 0.3) is 0 Å². The van der Waals surface area contributed by atoms with Crippen molar-refractivity contribution in [3.63, 3.8) is 0 Å². The Labute approximate surface area is 216 Å². The molecule has 7 unspecified atom stereocenters. The lowest BCUT2D eigenvalue weighted by Gasteiger charge is -2.56. The molecular formula is C33H63N. The van der Waals surface area contributed by atoms with Gasteiger partial charge in [-0.15, -0.1) is 0 Å². The summed E-state index contributed by atoms with van der Waals surface area (Å²) in [4.78, 5) is 0. The molecule has 34 heavy (non-hydrogen) atoms. The highest BCUT2D eigenvalue weighted by Gasteiger charge is 2.56. The van der Waals surface area contributed by atoms with Crippen LogP contribution in [0.25, 0.3) is 0 Å². The summed E-state index contributed by atoms with van der Waals surface area (Å²) in [6, 6.07) is 2.36. The van der Waals surface area contributed by atoms with Crippen LogP contribution in [0, 0.1) is 56.7 Å². The van der Waals surface area contributed by atoms with Crippen molar-refractivity contribution in [2.75, 3.05) is 0 Å². The number of fused-ring (bicyclic) bond motifs is 2. The van der Waals surface area contributed by atoms with Gasteiger partial charge in [0.1, 0.15) is 0 Å². The Kier molecular flexibility index (Phi) is 12.2. The molecule has 0 amide bonds. The number of hydrogen-bond acceptors (Lipinski definition) is 1. The van der Waals surface area contributed by atoms with E-state index >= 15 is 0 Å². The molecule has 0 bridgehead atoms. The molecule has 1 heteroatoms. The van der Waals surface area contributed by atoms with Crippen LogP contribution in [0.2, 0.25) is 0 Å². The molecule has 3 saturated carbocycles. The molecule has 0 aromatic heterocycles. The van der Waals surface area contributed by atoms with E-state index in [9.17, 15) is 0 Å². The standard InChI is InChI=1S/C29H51N.2C2H6/c1-22(12-8-9-21-30)24-15-20-28(6)17-10-13-25-26(3,4)23(2)14-19-27(25,5)16-11-18-29(24,28)7;2*1-2/h22-25H,8-20H2,1-7H3;2*1-2H3. The average Bonchev–Trinajstić information content (AvgIpc) is 3.07. The lowest BCUT2D eigenvalue weighted by atomic mass is 9.49. The summed E-state index contributed by atoms with van der Waals surface area (Å²) in [7, 11) is 0. The van der Waals surface area contributed by atoms with E-state index < -0.39 is 0 Å². The van der Waals surface area contributed by atoms with Crippen LogP contribution in [0.1, 0.15) is 160 Å². The van der Waals surface area contributed by atoms with E-state index in [1.165, 1.54) is 70.6 Å². The first-order valence-electron chi connectivity index (χ1n) is 15.4. The number of rotatable bonds is 4. The second kappa shape index (κ2) is 13.2. The van der Waals surface area contributed by atoms with Gasteiger partial charge in [-0.2, -0.15) is 5.26 Å². The Morgan fingerprint density at radius 1 is 0.824 bits per heavy atom. The Hall–Kier alpha value is -0.510. The van der Waals surface area contributed by atoms with Gasteiger partial charge in [0.05, 0.1) is 6.07 Å². The van der Waals surface area contributed by atoms with Crippen LogP contribution in [0.4, 0.5) is 0 Å². The Morgan fingerprint density at radius 3 is 2.09 bits per heavy atom. The number of nitrogens with zero attached hydrogens (tertiary/aromatic N) is 1. The van der Waals surface area contributed by atoms with Crippen molar-refractivity contribution in [2.24, 2.45) is 45.3 Å². The predicted molar refractivity (Wildman–Crippen MR) is 152 cm³/mol. The van der Waals surface area contributed by atoms with Crippen molar-refractivity contribution in [1.29, 1.82) is 5.26 Å². The normalized spacial score (nSPS) is 40.1. The lowest BCUT2D eigenvalue weighted by Crippen LogP contribution is -2.47. The van der Waals surface area contributed by atoms with Gasteiger partial charge in [0.2, 0.25) is 0 Å². The molecule has 200 valence electrons. The van der Waals surface area contributed by atoms with Crippen LogP contribution in [0.5, 0.6) is 0 Å². The van der Waals surface area contributed by atoms with Crippen LogP contribution in [0.3, 0.4) is 0 Å². The summed E-state index contributed by atoms with van der Waals surface area (Å²) in [5.41, 5.74) is 2.04. The quantitative estimate of drug-likeness (QED) is 0.372. The Morgan fingerprint density at radius 2 is 1.47 bits per heavy atom. The van der Waals surface area contributed by atoms with Crippen LogP contribution < -0.4 is 0 Å². The fraction of sp³-hybridized carbons (Fsp3) is 0.970. The maximum atomic E-state index is 8.97. The Bertz CT molecular complexity index is 629. The van der Waals surface area contributed by atoms with Gasteiger partial charge < -0.3 is 0 Å². The maximum Gasteiger partial charge on any atom is 0.0621 e. The van der Waals surface area contributed by atoms with Gasteiger partial charge in [-0.1, -0.05) is 89.0 Å². The third kappa shape index (κ3) is 6.24. The first kappa shape index (κ1) is 31.5. The monoisotopic (exact) mass is 473 g/mol. The zero-order valence-electron chi connectivity index (χ0n) is 25.4. The first-order chi connectivity index (χ1) is 16.0. The minimum atomic E-state index is 0.486. The molecule has 3 aliphatic carbocycles. The van der Waals surface area contributed by atoms with Gasteiger partial charge in [0, 0.05) is 6.42 Å². The van der Waals surface area contributed by atoms with Gasteiger partial charge >= 0.3 is 0 Å². The molecule has 7 atom stereocenters. The number of hydrogen-bond donors (Lipinski definition) is 0. The summed E-state index contributed by atoms with van der Waals surface area (Å²) in [5.74, 6) is 3.38. The van der Waals surface area contributed by atoms with Gasteiger partial charge in [-0.05, 0) is 110 Å². The molecular weight excluding hydrogens is 410 g/mol. The second-order valence-electron chi connectivity index (χ2n) is 13.4. The first-order valence-corrected chi connectivity index (χ1v) is 15.4. The van der Waals surface area contributed by atoms with Crippen molar-refractivity contribution < 1.29 is 0 Å². The summed E-state index contributed by atoms with van der Waals surface area (Å²) in [6.45, 7) is 26.2. The summed E-state index contributed by atoms with van der Waals surface area (Å²) < 4.78 is 0. The van der Waals surface area contributed by atoms with Gasteiger partial charge in [-0.25, -0.2) is 0 Å². The third-order valence-corrected chi connectivity index (χ3v) is 11.7. The second-order valence-corrected chi connectivity index (χ2v) is 13.4. The van der Waals surface area contributed by atoms with Crippen LogP contribution in [-0.4, -0.2) is 0 Å². The molecule has 0 radical (unpaired) electrons. The van der Waals surface area contributed by atoms with E-state index in [4.69, 9.17) is 5.26 Å². The highest BCUT2D eigenvalue weighted by molar-refractivity contribution is 5.06. The van der Waals surface area contributed by atoms with E-state index in [1.807, 2.05) is 27.7 Å². The van der Waals surface area contributed by atoms with Gasteiger partial charge in [-0.3, -0.25) is 0 Å². The fourth-order valence-corrected chi connectivity index (χ4v) is 8.95. The molecule has 0 saturated heterocycles. The van der Waals surface area contributed by atoms with Crippen LogP contribution in [-0.2, 0) is 0 Å². The minimum absolute atomic E-state index is 0.486.